The van der Waals surface area contributed by atoms with E-state index < -0.39 is 0 Å². The van der Waals surface area contributed by atoms with Crippen molar-refractivity contribution in [2.24, 2.45) is 0 Å². The molecule has 2 rings (SSSR count). The van der Waals surface area contributed by atoms with Crippen LogP contribution in [0.3, 0.4) is 0 Å². The second-order valence-electron chi connectivity index (χ2n) is 4.28. The molecule has 0 saturated heterocycles. The summed E-state index contributed by atoms with van der Waals surface area (Å²) >= 11 is 0. The molecule has 0 unspecified atom stereocenters. The van der Waals surface area contributed by atoms with Crippen molar-refractivity contribution in [2.75, 3.05) is 0 Å². The molecular weight excluding hydrogens is 254 g/mol. The summed E-state index contributed by atoms with van der Waals surface area (Å²) in [5, 5.41) is 21.2. The van der Waals surface area contributed by atoms with E-state index in [9.17, 15) is 15.0 Å². The second kappa shape index (κ2) is 6.43. The number of phenols is 2. The molecule has 0 fully saturated rings. The van der Waals surface area contributed by atoms with E-state index >= 15 is 0 Å². The van der Waals surface area contributed by atoms with Crippen LogP contribution in [0.1, 0.15) is 11.1 Å². The van der Waals surface area contributed by atoms with E-state index in [1.807, 2.05) is 30.3 Å². The molecule has 0 atom stereocenters. The van der Waals surface area contributed by atoms with Crippen molar-refractivity contribution in [2.45, 2.75) is 6.54 Å². The van der Waals surface area contributed by atoms with Crippen LogP contribution in [0.15, 0.2) is 54.6 Å². The van der Waals surface area contributed by atoms with Gasteiger partial charge in [-0.05, 0) is 29.3 Å². The Balaban J connectivity index is 1.89. The van der Waals surface area contributed by atoms with Gasteiger partial charge in [-0.25, -0.2) is 0 Å². The van der Waals surface area contributed by atoms with Crippen molar-refractivity contribution < 1.29 is 15.0 Å². The molecule has 0 spiro atoms. The summed E-state index contributed by atoms with van der Waals surface area (Å²) in [4.78, 5) is 11.6. The Hall–Kier alpha value is -2.75. The third-order valence-corrected chi connectivity index (χ3v) is 2.73. The molecule has 0 bridgehead atoms. The van der Waals surface area contributed by atoms with Gasteiger partial charge in [-0.1, -0.05) is 36.4 Å². The number of carbonyl (C=O) groups excluding carboxylic acids is 1. The highest BCUT2D eigenvalue weighted by Gasteiger charge is 2.01. The van der Waals surface area contributed by atoms with Crippen molar-refractivity contribution >= 4 is 12.0 Å². The lowest BCUT2D eigenvalue weighted by atomic mass is 10.2. The molecule has 20 heavy (non-hydrogen) atoms. The molecule has 0 aliphatic heterocycles. The van der Waals surface area contributed by atoms with Crippen molar-refractivity contribution in [3.63, 3.8) is 0 Å². The van der Waals surface area contributed by atoms with Gasteiger partial charge >= 0.3 is 0 Å². The Kier molecular flexibility index (Phi) is 4.39. The van der Waals surface area contributed by atoms with Crippen LogP contribution < -0.4 is 5.32 Å². The fraction of sp³-hybridized carbons (Fsp3) is 0.0625. The summed E-state index contributed by atoms with van der Waals surface area (Å²) < 4.78 is 0. The molecule has 4 nitrogen and oxygen atoms in total. The maximum absolute atomic E-state index is 11.6. The van der Waals surface area contributed by atoms with Gasteiger partial charge in [0.25, 0.3) is 0 Å². The van der Waals surface area contributed by atoms with E-state index in [4.69, 9.17) is 0 Å². The molecule has 1 amide bonds. The summed E-state index contributed by atoms with van der Waals surface area (Å²) in [5.41, 5.74) is 1.66. The zero-order chi connectivity index (χ0) is 14.4. The Morgan fingerprint density at radius 2 is 1.80 bits per heavy atom. The highest BCUT2D eigenvalue weighted by Crippen LogP contribution is 2.24. The number of amides is 1. The lowest BCUT2D eigenvalue weighted by Gasteiger charge is -2.04. The minimum absolute atomic E-state index is 0.177. The summed E-state index contributed by atoms with van der Waals surface area (Å²) in [5.74, 6) is -0.595. The highest BCUT2D eigenvalue weighted by atomic mass is 16.3. The fourth-order valence-corrected chi connectivity index (χ4v) is 1.66. The van der Waals surface area contributed by atoms with Gasteiger partial charge < -0.3 is 15.5 Å². The van der Waals surface area contributed by atoms with Crippen LogP contribution >= 0.6 is 0 Å². The minimum Gasteiger partial charge on any atom is -0.504 e. The van der Waals surface area contributed by atoms with Gasteiger partial charge in [-0.2, -0.15) is 0 Å². The Bertz CT molecular complexity index is 621. The van der Waals surface area contributed by atoms with Gasteiger partial charge in [0, 0.05) is 12.6 Å². The van der Waals surface area contributed by atoms with Crippen LogP contribution in [0.2, 0.25) is 0 Å². The SMILES string of the molecule is O=C(C=Cc1ccccc1)NCc1ccc(O)c(O)c1. The van der Waals surface area contributed by atoms with Crippen molar-refractivity contribution in [1.82, 2.24) is 5.32 Å². The van der Waals surface area contributed by atoms with E-state index in [1.54, 1.807) is 12.1 Å². The Morgan fingerprint density at radius 3 is 2.50 bits per heavy atom. The molecule has 102 valence electrons. The molecular formula is C16H15NO3. The number of hydrogen-bond donors (Lipinski definition) is 3. The number of rotatable bonds is 4. The summed E-state index contributed by atoms with van der Waals surface area (Å²) in [6, 6.07) is 14.0. The summed E-state index contributed by atoms with van der Waals surface area (Å²) in [7, 11) is 0. The van der Waals surface area contributed by atoms with Crippen molar-refractivity contribution in [1.29, 1.82) is 0 Å². The van der Waals surface area contributed by atoms with E-state index in [0.717, 1.165) is 5.56 Å². The minimum atomic E-state index is -0.221. The zero-order valence-electron chi connectivity index (χ0n) is 10.8. The molecule has 4 heteroatoms. The second-order valence-corrected chi connectivity index (χ2v) is 4.28. The molecule has 0 heterocycles. The molecule has 0 radical (unpaired) electrons. The van der Waals surface area contributed by atoms with E-state index in [2.05, 4.69) is 5.32 Å². The van der Waals surface area contributed by atoms with Gasteiger partial charge in [0.05, 0.1) is 0 Å². The van der Waals surface area contributed by atoms with Crippen LogP contribution in [-0.4, -0.2) is 16.1 Å². The third kappa shape index (κ3) is 3.88. The van der Waals surface area contributed by atoms with Crippen LogP contribution in [0, 0.1) is 0 Å². The highest BCUT2D eigenvalue weighted by molar-refractivity contribution is 5.91. The standard InChI is InChI=1S/C16H15NO3/c18-14-8-6-13(10-15(14)19)11-17-16(20)9-7-12-4-2-1-3-5-12/h1-10,18-19H,11H2,(H,17,20). The first-order chi connectivity index (χ1) is 9.65. The van der Waals surface area contributed by atoms with Gasteiger partial charge in [0.15, 0.2) is 11.5 Å². The Labute approximate surface area is 117 Å². The predicted octanol–water partition coefficient (Wildman–Crippen LogP) is 2.43. The number of benzene rings is 2. The first-order valence-electron chi connectivity index (χ1n) is 6.17. The van der Waals surface area contributed by atoms with E-state index in [-0.39, 0.29) is 24.0 Å². The van der Waals surface area contributed by atoms with E-state index in [0.29, 0.717) is 5.56 Å². The van der Waals surface area contributed by atoms with Crippen LogP contribution in [-0.2, 0) is 11.3 Å². The van der Waals surface area contributed by atoms with Gasteiger partial charge in [-0.3, -0.25) is 4.79 Å². The topological polar surface area (TPSA) is 69.6 Å². The van der Waals surface area contributed by atoms with Crippen LogP contribution in [0.4, 0.5) is 0 Å². The number of carbonyl (C=O) groups is 1. The van der Waals surface area contributed by atoms with Gasteiger partial charge in [0.2, 0.25) is 5.91 Å². The normalized spacial score (nSPS) is 10.6. The fourth-order valence-electron chi connectivity index (χ4n) is 1.66. The first kappa shape index (κ1) is 13.7. The average molecular weight is 269 g/mol. The number of nitrogens with one attached hydrogen (secondary N) is 1. The lowest BCUT2D eigenvalue weighted by Crippen LogP contribution is -2.20. The monoisotopic (exact) mass is 269 g/mol. The lowest BCUT2D eigenvalue weighted by molar-refractivity contribution is -0.116. The van der Waals surface area contributed by atoms with Crippen LogP contribution in [0.25, 0.3) is 6.08 Å². The molecule has 0 aliphatic carbocycles. The molecule has 3 N–H and O–H groups in total. The van der Waals surface area contributed by atoms with Crippen LogP contribution in [0.5, 0.6) is 11.5 Å². The predicted molar refractivity (Wildman–Crippen MR) is 77.1 cm³/mol. The zero-order valence-corrected chi connectivity index (χ0v) is 10.8. The van der Waals surface area contributed by atoms with Gasteiger partial charge in [-0.15, -0.1) is 0 Å². The third-order valence-electron chi connectivity index (χ3n) is 2.73. The summed E-state index contributed by atoms with van der Waals surface area (Å²) in [6.07, 6.45) is 3.18. The number of aromatic hydroxyl groups is 2. The maximum Gasteiger partial charge on any atom is 0.244 e. The smallest absolute Gasteiger partial charge is 0.244 e. The largest absolute Gasteiger partial charge is 0.504 e. The summed E-state index contributed by atoms with van der Waals surface area (Å²) in [6.45, 7) is 0.284. The number of phenolic OH excluding ortho intramolecular Hbond substituents is 2. The van der Waals surface area contributed by atoms with Crippen molar-refractivity contribution in [3.8, 4) is 11.5 Å². The first-order valence-corrected chi connectivity index (χ1v) is 6.17. The average Bonchev–Trinajstić information content (AvgIpc) is 2.47. The molecule has 0 saturated carbocycles. The molecule has 0 aromatic heterocycles. The molecule has 2 aromatic carbocycles. The molecule has 2 aromatic rings. The maximum atomic E-state index is 11.6. The quantitative estimate of drug-likeness (QED) is 0.589. The Morgan fingerprint density at radius 1 is 1.05 bits per heavy atom. The van der Waals surface area contributed by atoms with Crippen molar-refractivity contribution in [3.05, 3.63) is 65.7 Å². The van der Waals surface area contributed by atoms with Gasteiger partial charge in [0.1, 0.15) is 0 Å². The van der Waals surface area contributed by atoms with E-state index in [1.165, 1.54) is 18.2 Å². The molecule has 0 aliphatic rings. The number of hydrogen-bond acceptors (Lipinski definition) is 3.